The van der Waals surface area contributed by atoms with Gasteiger partial charge < -0.3 is 10.2 Å². The molecule has 0 radical (unpaired) electrons. The standard InChI is InChI=1S/C20H23N3O4S/c1-15(24)21-17-7-9-19(10-8-17)28(26,27)22-18-11-13-23(14-12-18)20(25)16-5-3-2-4-6-16/h2-10,18,22H,11-14H2,1H3,(H,21,24). The first-order valence-electron chi connectivity index (χ1n) is 9.09. The van der Waals surface area contributed by atoms with E-state index in [0.717, 1.165) is 0 Å². The summed E-state index contributed by atoms with van der Waals surface area (Å²) in [5.41, 5.74) is 1.18. The molecule has 8 heteroatoms. The first-order valence-corrected chi connectivity index (χ1v) is 10.6. The number of carbonyl (C=O) groups excluding carboxylic acids is 2. The second kappa shape index (κ2) is 8.53. The van der Waals surface area contributed by atoms with Gasteiger partial charge >= 0.3 is 0 Å². The molecule has 2 aromatic carbocycles. The van der Waals surface area contributed by atoms with Crippen LogP contribution in [0.1, 0.15) is 30.1 Å². The number of piperidine rings is 1. The van der Waals surface area contributed by atoms with E-state index in [1.54, 1.807) is 29.2 Å². The Bertz CT molecular complexity index is 935. The van der Waals surface area contributed by atoms with E-state index in [9.17, 15) is 18.0 Å². The molecule has 28 heavy (non-hydrogen) atoms. The molecule has 1 saturated heterocycles. The Kier molecular flexibility index (Phi) is 6.11. The van der Waals surface area contributed by atoms with Crippen molar-refractivity contribution < 1.29 is 18.0 Å². The summed E-state index contributed by atoms with van der Waals surface area (Å²) in [4.78, 5) is 25.4. The second-order valence-corrected chi connectivity index (χ2v) is 8.47. The highest BCUT2D eigenvalue weighted by molar-refractivity contribution is 7.89. The van der Waals surface area contributed by atoms with Crippen LogP contribution < -0.4 is 10.0 Å². The number of sulfonamides is 1. The van der Waals surface area contributed by atoms with E-state index in [0.29, 0.717) is 37.2 Å². The predicted molar refractivity (Wildman–Crippen MR) is 106 cm³/mol. The number of benzene rings is 2. The highest BCUT2D eigenvalue weighted by Gasteiger charge is 2.27. The van der Waals surface area contributed by atoms with Gasteiger partial charge in [-0.25, -0.2) is 13.1 Å². The van der Waals surface area contributed by atoms with Gasteiger partial charge in [0.05, 0.1) is 4.90 Å². The Balaban J connectivity index is 1.57. The van der Waals surface area contributed by atoms with Crippen LogP contribution >= 0.6 is 0 Å². The molecule has 2 N–H and O–H groups in total. The van der Waals surface area contributed by atoms with Gasteiger partial charge in [-0.2, -0.15) is 0 Å². The average molecular weight is 401 g/mol. The van der Waals surface area contributed by atoms with Crippen LogP contribution in [0.4, 0.5) is 5.69 Å². The molecule has 0 saturated carbocycles. The van der Waals surface area contributed by atoms with E-state index in [1.807, 2.05) is 18.2 Å². The lowest BCUT2D eigenvalue weighted by Gasteiger charge is -2.32. The number of carbonyl (C=O) groups is 2. The van der Waals surface area contributed by atoms with Crippen LogP contribution in [-0.2, 0) is 14.8 Å². The largest absolute Gasteiger partial charge is 0.339 e. The van der Waals surface area contributed by atoms with Gasteiger partial charge in [0, 0.05) is 37.3 Å². The third-order valence-corrected chi connectivity index (χ3v) is 6.15. The lowest BCUT2D eigenvalue weighted by molar-refractivity contribution is -0.114. The van der Waals surface area contributed by atoms with E-state index >= 15 is 0 Å². The van der Waals surface area contributed by atoms with Crippen LogP contribution in [0, 0.1) is 0 Å². The first-order chi connectivity index (χ1) is 13.3. The summed E-state index contributed by atoms with van der Waals surface area (Å²) in [6.45, 7) is 2.39. The molecule has 0 spiro atoms. The van der Waals surface area contributed by atoms with Crippen LogP contribution in [-0.4, -0.2) is 44.3 Å². The molecule has 1 aliphatic rings. The zero-order valence-corrected chi connectivity index (χ0v) is 16.4. The van der Waals surface area contributed by atoms with E-state index in [4.69, 9.17) is 0 Å². The summed E-state index contributed by atoms with van der Waals surface area (Å²) in [5, 5.41) is 2.60. The summed E-state index contributed by atoms with van der Waals surface area (Å²) in [7, 11) is -3.66. The van der Waals surface area contributed by atoms with Gasteiger partial charge in [-0.1, -0.05) is 18.2 Å². The van der Waals surface area contributed by atoms with Crippen molar-refractivity contribution in [1.82, 2.24) is 9.62 Å². The van der Waals surface area contributed by atoms with Crippen molar-refractivity contribution in [1.29, 1.82) is 0 Å². The minimum Gasteiger partial charge on any atom is -0.339 e. The molecule has 0 aromatic heterocycles. The molecular formula is C20H23N3O4S. The van der Waals surface area contributed by atoms with Crippen molar-refractivity contribution in [2.24, 2.45) is 0 Å². The maximum atomic E-state index is 12.6. The maximum Gasteiger partial charge on any atom is 0.253 e. The van der Waals surface area contributed by atoms with Gasteiger partial charge in [0.2, 0.25) is 15.9 Å². The highest BCUT2D eigenvalue weighted by Crippen LogP contribution is 2.18. The summed E-state index contributed by atoms with van der Waals surface area (Å²) in [5.74, 6) is -0.249. The number of anilines is 1. The summed E-state index contributed by atoms with van der Waals surface area (Å²) in [6.07, 6.45) is 1.11. The number of nitrogens with zero attached hydrogens (tertiary/aromatic N) is 1. The number of hydrogen-bond acceptors (Lipinski definition) is 4. The minimum absolute atomic E-state index is 0.0320. The monoisotopic (exact) mass is 401 g/mol. The molecule has 0 bridgehead atoms. The Labute approximate surface area is 164 Å². The molecule has 0 aliphatic carbocycles. The predicted octanol–water partition coefficient (Wildman–Crippen LogP) is 2.23. The van der Waals surface area contributed by atoms with Crippen LogP contribution in [0.5, 0.6) is 0 Å². The summed E-state index contributed by atoms with van der Waals surface area (Å²) in [6, 6.07) is 14.9. The van der Waals surface area contributed by atoms with Crippen molar-refractivity contribution in [3.8, 4) is 0 Å². The zero-order valence-electron chi connectivity index (χ0n) is 15.6. The van der Waals surface area contributed by atoms with Gasteiger partial charge in [-0.3, -0.25) is 9.59 Å². The van der Waals surface area contributed by atoms with Crippen molar-refractivity contribution in [2.75, 3.05) is 18.4 Å². The van der Waals surface area contributed by atoms with Crippen LogP contribution in [0.25, 0.3) is 0 Å². The fourth-order valence-corrected chi connectivity index (χ4v) is 4.48. The van der Waals surface area contributed by atoms with Crippen molar-refractivity contribution in [2.45, 2.75) is 30.7 Å². The molecule has 1 heterocycles. The van der Waals surface area contributed by atoms with E-state index < -0.39 is 10.0 Å². The molecular weight excluding hydrogens is 378 g/mol. The third-order valence-electron chi connectivity index (χ3n) is 4.61. The van der Waals surface area contributed by atoms with Crippen LogP contribution in [0.3, 0.4) is 0 Å². The lowest BCUT2D eigenvalue weighted by Crippen LogP contribution is -2.46. The van der Waals surface area contributed by atoms with E-state index in [1.165, 1.54) is 19.1 Å². The van der Waals surface area contributed by atoms with Crippen molar-refractivity contribution in [3.05, 3.63) is 60.2 Å². The zero-order chi connectivity index (χ0) is 20.1. The smallest absolute Gasteiger partial charge is 0.253 e. The molecule has 7 nitrogen and oxygen atoms in total. The SMILES string of the molecule is CC(=O)Nc1ccc(S(=O)(=O)NC2CCN(C(=O)c3ccccc3)CC2)cc1. The Hall–Kier alpha value is -2.71. The van der Waals surface area contributed by atoms with Gasteiger partial charge in [0.1, 0.15) is 0 Å². The number of rotatable bonds is 5. The van der Waals surface area contributed by atoms with Crippen LogP contribution in [0.2, 0.25) is 0 Å². The summed E-state index contributed by atoms with van der Waals surface area (Å²) < 4.78 is 27.9. The average Bonchev–Trinajstić information content (AvgIpc) is 2.68. The van der Waals surface area contributed by atoms with Crippen LogP contribution in [0.15, 0.2) is 59.5 Å². The lowest BCUT2D eigenvalue weighted by atomic mass is 10.0. The molecule has 1 aliphatic heterocycles. The highest BCUT2D eigenvalue weighted by atomic mass is 32.2. The third kappa shape index (κ3) is 4.96. The fraction of sp³-hybridized carbons (Fsp3) is 0.300. The van der Waals surface area contributed by atoms with Gasteiger partial charge in [0.25, 0.3) is 5.91 Å². The van der Waals surface area contributed by atoms with Gasteiger partial charge in [-0.05, 0) is 49.2 Å². The number of likely N-dealkylation sites (tertiary alicyclic amines) is 1. The molecule has 0 atom stereocenters. The molecule has 2 amide bonds. The van der Waals surface area contributed by atoms with E-state index in [-0.39, 0.29) is 22.8 Å². The molecule has 1 fully saturated rings. The quantitative estimate of drug-likeness (QED) is 0.803. The molecule has 0 unspecified atom stereocenters. The second-order valence-electron chi connectivity index (χ2n) is 6.76. The Morgan fingerprint density at radius 1 is 0.964 bits per heavy atom. The normalized spacial score (nSPS) is 15.2. The maximum absolute atomic E-state index is 12.6. The molecule has 2 aromatic rings. The van der Waals surface area contributed by atoms with Crippen molar-refractivity contribution in [3.63, 3.8) is 0 Å². The van der Waals surface area contributed by atoms with Gasteiger partial charge in [-0.15, -0.1) is 0 Å². The fourth-order valence-electron chi connectivity index (χ4n) is 3.17. The molecule has 3 rings (SSSR count). The number of amides is 2. The number of nitrogens with one attached hydrogen (secondary N) is 2. The first kappa shape index (κ1) is 20.0. The summed E-state index contributed by atoms with van der Waals surface area (Å²) >= 11 is 0. The number of hydrogen-bond donors (Lipinski definition) is 2. The topological polar surface area (TPSA) is 95.6 Å². The minimum atomic E-state index is -3.66. The van der Waals surface area contributed by atoms with Gasteiger partial charge in [0.15, 0.2) is 0 Å². The van der Waals surface area contributed by atoms with E-state index in [2.05, 4.69) is 10.0 Å². The Morgan fingerprint density at radius 3 is 2.14 bits per heavy atom. The molecule has 148 valence electrons. The van der Waals surface area contributed by atoms with Crippen molar-refractivity contribution >= 4 is 27.5 Å². The Morgan fingerprint density at radius 2 is 1.57 bits per heavy atom.